The van der Waals surface area contributed by atoms with Gasteiger partial charge in [-0.1, -0.05) is 12.1 Å². The maximum Gasteiger partial charge on any atom is 0.137 e. The molecule has 0 spiro atoms. The average molecular weight is 246 g/mol. The van der Waals surface area contributed by atoms with Crippen LogP contribution in [0, 0.1) is 5.82 Å². The number of hydrogen-bond donors (Lipinski definition) is 1. The first kappa shape index (κ1) is 10.7. The van der Waals surface area contributed by atoms with Gasteiger partial charge in [-0.05, 0) is 53.4 Å². The van der Waals surface area contributed by atoms with Gasteiger partial charge in [0.15, 0.2) is 0 Å². The Labute approximate surface area is 86.3 Å². The monoisotopic (exact) mass is 245 g/mol. The van der Waals surface area contributed by atoms with E-state index in [-0.39, 0.29) is 5.82 Å². The molecule has 1 nitrogen and oxygen atoms in total. The van der Waals surface area contributed by atoms with Crippen LogP contribution in [0.15, 0.2) is 22.7 Å². The van der Waals surface area contributed by atoms with Gasteiger partial charge in [-0.15, -0.1) is 0 Å². The molecule has 1 rings (SSSR count). The van der Waals surface area contributed by atoms with Crippen LogP contribution in [0.25, 0.3) is 0 Å². The summed E-state index contributed by atoms with van der Waals surface area (Å²) in [5.74, 6) is -0.190. The SMILES string of the molecule is NCCCCc1cccc(F)c1Br. The Bertz CT molecular complexity index is 276. The summed E-state index contributed by atoms with van der Waals surface area (Å²) >= 11 is 3.23. The average Bonchev–Trinajstić information content (AvgIpc) is 2.13. The largest absolute Gasteiger partial charge is 0.330 e. The minimum atomic E-state index is -0.190. The molecule has 0 saturated carbocycles. The van der Waals surface area contributed by atoms with Crippen molar-refractivity contribution >= 4 is 15.9 Å². The summed E-state index contributed by atoms with van der Waals surface area (Å²) in [6, 6.07) is 5.12. The molecule has 0 heterocycles. The Balaban J connectivity index is 2.61. The van der Waals surface area contributed by atoms with Crippen molar-refractivity contribution in [3.05, 3.63) is 34.1 Å². The highest BCUT2D eigenvalue weighted by atomic mass is 79.9. The van der Waals surface area contributed by atoms with Gasteiger partial charge in [-0.2, -0.15) is 0 Å². The quantitative estimate of drug-likeness (QED) is 0.812. The molecule has 0 radical (unpaired) electrons. The minimum Gasteiger partial charge on any atom is -0.330 e. The van der Waals surface area contributed by atoms with E-state index >= 15 is 0 Å². The van der Waals surface area contributed by atoms with Crippen molar-refractivity contribution in [2.24, 2.45) is 5.73 Å². The Morgan fingerprint density at radius 3 is 2.77 bits per heavy atom. The number of unbranched alkanes of at least 4 members (excludes halogenated alkanes) is 1. The van der Waals surface area contributed by atoms with Gasteiger partial charge in [0.1, 0.15) is 5.82 Å². The fourth-order valence-corrected chi connectivity index (χ4v) is 1.66. The van der Waals surface area contributed by atoms with Crippen LogP contribution in [0.1, 0.15) is 18.4 Å². The molecule has 1 aromatic carbocycles. The zero-order valence-electron chi connectivity index (χ0n) is 7.39. The zero-order valence-corrected chi connectivity index (χ0v) is 8.98. The highest BCUT2D eigenvalue weighted by Crippen LogP contribution is 2.21. The van der Waals surface area contributed by atoms with Gasteiger partial charge in [0, 0.05) is 0 Å². The molecule has 1 aromatic rings. The van der Waals surface area contributed by atoms with Gasteiger partial charge in [-0.25, -0.2) is 4.39 Å². The highest BCUT2D eigenvalue weighted by molar-refractivity contribution is 9.10. The van der Waals surface area contributed by atoms with Crippen molar-refractivity contribution in [2.75, 3.05) is 6.54 Å². The molecule has 0 aliphatic rings. The van der Waals surface area contributed by atoms with E-state index in [0.29, 0.717) is 11.0 Å². The van der Waals surface area contributed by atoms with Crippen molar-refractivity contribution in [1.82, 2.24) is 0 Å². The summed E-state index contributed by atoms with van der Waals surface area (Å²) in [4.78, 5) is 0. The molecule has 72 valence electrons. The standard InChI is InChI=1S/C10H13BrFN/c11-10-8(4-1-2-7-13)5-3-6-9(10)12/h3,5-6H,1-2,4,7,13H2. The van der Waals surface area contributed by atoms with E-state index in [1.54, 1.807) is 6.07 Å². The third-order valence-corrected chi connectivity index (χ3v) is 2.82. The number of hydrogen-bond acceptors (Lipinski definition) is 1. The van der Waals surface area contributed by atoms with Crippen LogP contribution >= 0.6 is 15.9 Å². The molecule has 0 atom stereocenters. The predicted octanol–water partition coefficient (Wildman–Crippen LogP) is 2.87. The van der Waals surface area contributed by atoms with Crippen molar-refractivity contribution < 1.29 is 4.39 Å². The highest BCUT2D eigenvalue weighted by Gasteiger charge is 2.03. The fraction of sp³-hybridized carbons (Fsp3) is 0.400. The second kappa shape index (κ2) is 5.35. The van der Waals surface area contributed by atoms with Crippen LogP contribution < -0.4 is 5.73 Å². The van der Waals surface area contributed by atoms with Crippen LogP contribution in [-0.2, 0) is 6.42 Å². The van der Waals surface area contributed by atoms with Crippen LogP contribution in [-0.4, -0.2) is 6.54 Å². The molecular formula is C10H13BrFN. The second-order valence-electron chi connectivity index (χ2n) is 2.96. The van der Waals surface area contributed by atoms with Crippen molar-refractivity contribution in [1.29, 1.82) is 0 Å². The number of rotatable bonds is 4. The molecule has 13 heavy (non-hydrogen) atoms. The molecule has 2 N–H and O–H groups in total. The van der Waals surface area contributed by atoms with E-state index < -0.39 is 0 Å². The van der Waals surface area contributed by atoms with E-state index in [1.165, 1.54) is 6.07 Å². The summed E-state index contributed by atoms with van der Waals surface area (Å²) < 4.78 is 13.6. The van der Waals surface area contributed by atoms with Gasteiger partial charge in [0.05, 0.1) is 4.47 Å². The van der Waals surface area contributed by atoms with Crippen LogP contribution in [0.4, 0.5) is 4.39 Å². The van der Waals surface area contributed by atoms with Gasteiger partial charge < -0.3 is 5.73 Å². The van der Waals surface area contributed by atoms with Crippen molar-refractivity contribution in [2.45, 2.75) is 19.3 Å². The normalized spacial score (nSPS) is 10.4. The summed E-state index contributed by atoms with van der Waals surface area (Å²) in [7, 11) is 0. The Hall–Kier alpha value is -0.410. The van der Waals surface area contributed by atoms with Crippen LogP contribution in [0.5, 0.6) is 0 Å². The lowest BCUT2D eigenvalue weighted by atomic mass is 10.1. The fourth-order valence-electron chi connectivity index (χ4n) is 1.20. The summed E-state index contributed by atoms with van der Waals surface area (Å²) in [5, 5.41) is 0. The zero-order chi connectivity index (χ0) is 9.68. The first-order valence-corrected chi connectivity index (χ1v) is 5.18. The molecule has 0 amide bonds. The number of benzene rings is 1. The van der Waals surface area contributed by atoms with Gasteiger partial charge in [0.2, 0.25) is 0 Å². The number of aryl methyl sites for hydroxylation is 1. The minimum absolute atomic E-state index is 0.190. The molecular weight excluding hydrogens is 233 g/mol. The van der Waals surface area contributed by atoms with Gasteiger partial charge in [-0.3, -0.25) is 0 Å². The van der Waals surface area contributed by atoms with Gasteiger partial charge in [0.25, 0.3) is 0 Å². The second-order valence-corrected chi connectivity index (χ2v) is 3.75. The summed E-state index contributed by atoms with van der Waals surface area (Å²) in [6.45, 7) is 0.701. The maximum absolute atomic E-state index is 13.0. The molecule has 0 aromatic heterocycles. The lowest BCUT2D eigenvalue weighted by Crippen LogP contribution is -1.99. The topological polar surface area (TPSA) is 26.0 Å². The third kappa shape index (κ3) is 3.08. The summed E-state index contributed by atoms with van der Waals surface area (Å²) in [6.07, 6.45) is 2.89. The van der Waals surface area contributed by atoms with Crippen LogP contribution in [0.3, 0.4) is 0 Å². The molecule has 0 bridgehead atoms. The first-order chi connectivity index (χ1) is 6.25. The molecule has 3 heteroatoms. The van der Waals surface area contributed by atoms with Crippen molar-refractivity contribution in [3.63, 3.8) is 0 Å². The predicted molar refractivity (Wildman–Crippen MR) is 56.1 cm³/mol. The van der Waals surface area contributed by atoms with Crippen LogP contribution in [0.2, 0.25) is 0 Å². The Morgan fingerprint density at radius 1 is 1.31 bits per heavy atom. The first-order valence-electron chi connectivity index (χ1n) is 4.38. The molecule has 0 unspecified atom stereocenters. The Morgan fingerprint density at radius 2 is 2.08 bits per heavy atom. The lowest BCUT2D eigenvalue weighted by molar-refractivity contribution is 0.616. The van der Waals surface area contributed by atoms with E-state index in [4.69, 9.17) is 5.73 Å². The molecule has 0 saturated heterocycles. The molecule has 0 aliphatic heterocycles. The number of halogens is 2. The van der Waals surface area contributed by atoms with E-state index in [0.717, 1.165) is 24.8 Å². The molecule has 0 aliphatic carbocycles. The van der Waals surface area contributed by atoms with E-state index in [9.17, 15) is 4.39 Å². The Kier molecular flexibility index (Phi) is 4.39. The maximum atomic E-state index is 13.0. The van der Waals surface area contributed by atoms with Gasteiger partial charge >= 0.3 is 0 Å². The lowest BCUT2D eigenvalue weighted by Gasteiger charge is -2.03. The smallest absolute Gasteiger partial charge is 0.137 e. The van der Waals surface area contributed by atoms with E-state index in [2.05, 4.69) is 15.9 Å². The molecule has 0 fully saturated rings. The van der Waals surface area contributed by atoms with Crippen molar-refractivity contribution in [3.8, 4) is 0 Å². The summed E-state index contributed by atoms with van der Waals surface area (Å²) in [5.41, 5.74) is 6.40. The van der Waals surface area contributed by atoms with E-state index in [1.807, 2.05) is 6.07 Å². The number of nitrogens with two attached hydrogens (primary N) is 1. The third-order valence-electron chi connectivity index (χ3n) is 1.93.